The summed E-state index contributed by atoms with van der Waals surface area (Å²) < 4.78 is 5.81. The van der Waals surface area contributed by atoms with E-state index in [1.165, 1.54) is 0 Å². The van der Waals surface area contributed by atoms with E-state index < -0.39 is 5.60 Å². The molecule has 0 aliphatic carbocycles. The molecule has 2 N–H and O–H groups in total. The van der Waals surface area contributed by atoms with E-state index in [9.17, 15) is 4.79 Å². The van der Waals surface area contributed by atoms with Crippen LogP contribution >= 0.6 is 0 Å². The lowest BCUT2D eigenvalue weighted by Crippen LogP contribution is -2.52. The van der Waals surface area contributed by atoms with Gasteiger partial charge in [0.2, 0.25) is 0 Å². The number of hydrogen-bond donors (Lipinski definition) is 1. The predicted octanol–water partition coefficient (Wildman–Crippen LogP) is 2.23. The van der Waals surface area contributed by atoms with Gasteiger partial charge >= 0.3 is 0 Å². The van der Waals surface area contributed by atoms with E-state index in [-0.39, 0.29) is 5.91 Å². The Kier molecular flexibility index (Phi) is 3.37. The van der Waals surface area contributed by atoms with Crippen molar-refractivity contribution in [2.75, 3.05) is 11.4 Å². The predicted molar refractivity (Wildman–Crippen MR) is 76.2 cm³/mol. The van der Waals surface area contributed by atoms with Gasteiger partial charge in [-0.25, -0.2) is 0 Å². The lowest BCUT2D eigenvalue weighted by molar-refractivity contribution is -0.132. The van der Waals surface area contributed by atoms with Crippen LogP contribution in [0.2, 0.25) is 0 Å². The van der Waals surface area contributed by atoms with E-state index in [0.29, 0.717) is 18.8 Å². The van der Waals surface area contributed by atoms with Crippen molar-refractivity contribution in [3.05, 3.63) is 35.9 Å². The second kappa shape index (κ2) is 4.70. The van der Waals surface area contributed by atoms with Gasteiger partial charge in [0.1, 0.15) is 5.75 Å². The normalized spacial score (nSPS) is 16.8. The molecular formula is C15H20N2O2. The van der Waals surface area contributed by atoms with Crippen LogP contribution in [0.3, 0.4) is 0 Å². The Morgan fingerprint density at radius 1 is 1.47 bits per heavy atom. The van der Waals surface area contributed by atoms with Gasteiger partial charge < -0.3 is 15.4 Å². The molecule has 1 aliphatic heterocycles. The molecule has 0 saturated carbocycles. The number of nitrogens with two attached hydrogens (primary N) is 1. The zero-order valence-corrected chi connectivity index (χ0v) is 11.7. The summed E-state index contributed by atoms with van der Waals surface area (Å²) in [7, 11) is 0. The highest BCUT2D eigenvalue weighted by Crippen LogP contribution is 2.38. The van der Waals surface area contributed by atoms with Crippen LogP contribution in [-0.4, -0.2) is 18.1 Å². The summed E-state index contributed by atoms with van der Waals surface area (Å²) in [4.78, 5) is 14.2. The van der Waals surface area contributed by atoms with Crippen molar-refractivity contribution in [3.63, 3.8) is 0 Å². The Morgan fingerprint density at radius 2 is 2.16 bits per heavy atom. The van der Waals surface area contributed by atoms with Gasteiger partial charge in [0.25, 0.3) is 5.91 Å². The minimum atomic E-state index is -0.865. The first-order valence-corrected chi connectivity index (χ1v) is 6.33. The summed E-state index contributed by atoms with van der Waals surface area (Å²) in [5, 5.41) is 0. The molecule has 4 nitrogen and oxygen atoms in total. The molecule has 1 heterocycles. The molecule has 0 atom stereocenters. The molecule has 19 heavy (non-hydrogen) atoms. The number of hydrogen-bond acceptors (Lipinski definition) is 3. The summed E-state index contributed by atoms with van der Waals surface area (Å²) >= 11 is 0. The summed E-state index contributed by atoms with van der Waals surface area (Å²) in [6, 6.07) is 5.70. The van der Waals surface area contributed by atoms with Gasteiger partial charge in [0, 0.05) is 13.1 Å². The molecule has 0 fully saturated rings. The van der Waals surface area contributed by atoms with Gasteiger partial charge in [0.15, 0.2) is 5.60 Å². The molecule has 1 aliphatic rings. The van der Waals surface area contributed by atoms with Crippen LogP contribution in [0.25, 0.3) is 0 Å². The quantitative estimate of drug-likeness (QED) is 0.848. The fourth-order valence-electron chi connectivity index (χ4n) is 2.17. The lowest BCUT2D eigenvalue weighted by Gasteiger charge is -2.39. The zero-order chi connectivity index (χ0) is 14.2. The van der Waals surface area contributed by atoms with Gasteiger partial charge in [0.05, 0.1) is 5.69 Å². The third-order valence-corrected chi connectivity index (χ3v) is 3.10. The third-order valence-electron chi connectivity index (χ3n) is 3.10. The van der Waals surface area contributed by atoms with Crippen molar-refractivity contribution in [1.29, 1.82) is 0 Å². The SMILES string of the molecule is C=C(C)CN1C(=O)C(C)(C)Oc2cc(CN)ccc21. The number of nitrogens with zero attached hydrogens (tertiary/aromatic N) is 1. The maximum absolute atomic E-state index is 12.4. The second-order valence-electron chi connectivity index (χ2n) is 5.47. The summed E-state index contributed by atoms with van der Waals surface area (Å²) in [5.41, 5.74) is 7.48. The van der Waals surface area contributed by atoms with Crippen LogP contribution < -0.4 is 15.4 Å². The highest BCUT2D eigenvalue weighted by Gasteiger charge is 2.40. The van der Waals surface area contributed by atoms with Crippen LogP contribution in [0.5, 0.6) is 5.75 Å². The Bertz CT molecular complexity index is 535. The molecule has 2 rings (SSSR count). The molecule has 0 bridgehead atoms. The Morgan fingerprint density at radius 3 is 2.74 bits per heavy atom. The first-order valence-electron chi connectivity index (χ1n) is 6.33. The van der Waals surface area contributed by atoms with E-state index in [2.05, 4.69) is 6.58 Å². The van der Waals surface area contributed by atoms with Gasteiger partial charge in [-0.3, -0.25) is 4.79 Å². The van der Waals surface area contributed by atoms with E-state index in [4.69, 9.17) is 10.5 Å². The number of ether oxygens (including phenoxy) is 1. The highest BCUT2D eigenvalue weighted by molar-refractivity contribution is 6.02. The van der Waals surface area contributed by atoms with Gasteiger partial charge in [-0.2, -0.15) is 0 Å². The molecule has 4 heteroatoms. The fraction of sp³-hybridized carbons (Fsp3) is 0.400. The Balaban J connectivity index is 2.50. The molecule has 0 unspecified atom stereocenters. The van der Waals surface area contributed by atoms with Crippen molar-refractivity contribution in [2.24, 2.45) is 5.73 Å². The summed E-state index contributed by atoms with van der Waals surface area (Å²) in [5.74, 6) is 0.650. The van der Waals surface area contributed by atoms with E-state index in [1.807, 2.05) is 25.1 Å². The number of anilines is 1. The van der Waals surface area contributed by atoms with Crippen molar-refractivity contribution < 1.29 is 9.53 Å². The maximum Gasteiger partial charge on any atom is 0.270 e. The molecule has 1 amide bonds. The smallest absolute Gasteiger partial charge is 0.270 e. The molecule has 0 spiro atoms. The number of fused-ring (bicyclic) bond motifs is 1. The van der Waals surface area contributed by atoms with Gasteiger partial charge in [-0.05, 0) is 38.5 Å². The van der Waals surface area contributed by atoms with Crippen LogP contribution in [0.15, 0.2) is 30.4 Å². The monoisotopic (exact) mass is 260 g/mol. The zero-order valence-electron chi connectivity index (χ0n) is 11.7. The number of rotatable bonds is 3. The minimum absolute atomic E-state index is 0.0523. The average Bonchev–Trinajstić information content (AvgIpc) is 2.33. The molecule has 102 valence electrons. The average molecular weight is 260 g/mol. The van der Waals surface area contributed by atoms with Gasteiger partial charge in [-0.15, -0.1) is 0 Å². The molecule has 1 aromatic rings. The first-order chi connectivity index (χ1) is 8.85. The van der Waals surface area contributed by atoms with Crippen LogP contribution in [-0.2, 0) is 11.3 Å². The molecule has 0 saturated heterocycles. The topological polar surface area (TPSA) is 55.6 Å². The Labute approximate surface area is 113 Å². The van der Waals surface area contributed by atoms with Crippen LogP contribution in [0, 0.1) is 0 Å². The number of carbonyl (C=O) groups excluding carboxylic acids is 1. The molecule has 0 aromatic heterocycles. The van der Waals surface area contributed by atoms with Crippen molar-refractivity contribution in [3.8, 4) is 5.75 Å². The van der Waals surface area contributed by atoms with E-state index in [0.717, 1.165) is 16.8 Å². The minimum Gasteiger partial charge on any atom is -0.476 e. The third kappa shape index (κ3) is 2.49. The standard InChI is InChI=1S/C15H20N2O2/c1-10(2)9-17-12-6-5-11(8-16)7-13(12)19-15(3,4)14(17)18/h5-7H,1,8-9,16H2,2-4H3. The van der Waals surface area contributed by atoms with E-state index >= 15 is 0 Å². The molecule has 1 aromatic carbocycles. The lowest BCUT2D eigenvalue weighted by atomic mass is 10.0. The van der Waals surface area contributed by atoms with E-state index in [1.54, 1.807) is 18.7 Å². The highest BCUT2D eigenvalue weighted by atomic mass is 16.5. The van der Waals surface area contributed by atoms with Crippen molar-refractivity contribution >= 4 is 11.6 Å². The number of amides is 1. The van der Waals surface area contributed by atoms with Crippen molar-refractivity contribution in [2.45, 2.75) is 32.9 Å². The van der Waals surface area contributed by atoms with Crippen LogP contribution in [0.4, 0.5) is 5.69 Å². The van der Waals surface area contributed by atoms with Gasteiger partial charge in [-0.1, -0.05) is 18.2 Å². The summed E-state index contributed by atoms with van der Waals surface area (Å²) in [6.07, 6.45) is 0. The molecular weight excluding hydrogens is 240 g/mol. The summed E-state index contributed by atoms with van der Waals surface area (Å²) in [6.45, 7) is 10.3. The fourth-order valence-corrected chi connectivity index (χ4v) is 2.17. The van der Waals surface area contributed by atoms with Crippen LogP contribution in [0.1, 0.15) is 26.3 Å². The first kappa shape index (κ1) is 13.6. The number of benzene rings is 1. The Hall–Kier alpha value is -1.81. The maximum atomic E-state index is 12.4. The molecule has 0 radical (unpaired) electrons. The largest absolute Gasteiger partial charge is 0.476 e. The van der Waals surface area contributed by atoms with Crippen molar-refractivity contribution in [1.82, 2.24) is 0 Å². The second-order valence-corrected chi connectivity index (χ2v) is 5.47. The number of carbonyl (C=O) groups is 1.